The second kappa shape index (κ2) is 16.3. The van der Waals surface area contributed by atoms with Crippen LogP contribution < -0.4 is 0 Å². The molecule has 0 spiro atoms. The molecule has 0 aromatic heterocycles. The zero-order chi connectivity index (χ0) is 26.5. The highest BCUT2D eigenvalue weighted by Crippen LogP contribution is 2.45. The predicted molar refractivity (Wildman–Crippen MR) is 145 cm³/mol. The van der Waals surface area contributed by atoms with E-state index in [0.29, 0.717) is 23.5 Å². The fourth-order valence-corrected chi connectivity index (χ4v) is 6.52. The maximum atomic E-state index is 12.2. The smallest absolute Gasteiger partial charge is 0.333 e. The minimum absolute atomic E-state index is 0.0110. The maximum absolute atomic E-state index is 12.2. The number of aliphatic hydroxyl groups is 1. The Labute approximate surface area is 220 Å². The Hall–Kier alpha value is -1.62. The first kappa shape index (κ1) is 30.6. The van der Waals surface area contributed by atoms with Gasteiger partial charge in [-0.2, -0.15) is 0 Å². The Morgan fingerprint density at radius 1 is 0.833 bits per heavy atom. The van der Waals surface area contributed by atoms with Crippen LogP contribution in [-0.4, -0.2) is 36.9 Å². The van der Waals surface area contributed by atoms with E-state index in [4.69, 9.17) is 9.47 Å². The molecule has 0 radical (unpaired) electrons. The van der Waals surface area contributed by atoms with Gasteiger partial charge in [-0.1, -0.05) is 58.6 Å². The third-order valence-corrected chi connectivity index (χ3v) is 8.83. The van der Waals surface area contributed by atoms with Crippen LogP contribution in [0.4, 0.5) is 0 Å². The molecule has 0 heterocycles. The summed E-state index contributed by atoms with van der Waals surface area (Å²) in [6.07, 6.45) is 16.2. The number of carbonyl (C=O) groups is 2. The molecule has 2 saturated carbocycles. The van der Waals surface area contributed by atoms with Crippen molar-refractivity contribution in [2.24, 2.45) is 35.5 Å². The van der Waals surface area contributed by atoms with E-state index in [1.54, 1.807) is 13.8 Å². The number of aliphatic hydroxyl groups excluding tert-OH is 1. The van der Waals surface area contributed by atoms with Crippen molar-refractivity contribution in [1.29, 1.82) is 0 Å². The minimum atomic E-state index is -0.412. The summed E-state index contributed by atoms with van der Waals surface area (Å²) in [6.45, 7) is 13.4. The predicted octanol–water partition coefficient (Wildman–Crippen LogP) is 7.03. The van der Waals surface area contributed by atoms with E-state index < -0.39 is 5.97 Å². The van der Waals surface area contributed by atoms with Crippen LogP contribution in [0.1, 0.15) is 104 Å². The summed E-state index contributed by atoms with van der Waals surface area (Å²) in [6, 6.07) is 0. The van der Waals surface area contributed by atoms with Crippen LogP contribution in [0.5, 0.6) is 0 Å². The molecule has 0 saturated heterocycles. The molecule has 2 aliphatic rings. The van der Waals surface area contributed by atoms with Crippen molar-refractivity contribution < 1.29 is 24.2 Å². The minimum Gasteiger partial charge on any atom is -0.462 e. The van der Waals surface area contributed by atoms with Gasteiger partial charge in [0.05, 0.1) is 13.2 Å². The molecule has 36 heavy (non-hydrogen) atoms. The summed E-state index contributed by atoms with van der Waals surface area (Å²) < 4.78 is 11.1. The Bertz CT molecular complexity index is 698. The second-order valence-corrected chi connectivity index (χ2v) is 11.6. The molecular weight excluding hydrogens is 452 g/mol. The summed E-state index contributed by atoms with van der Waals surface area (Å²) in [5, 5.41) is 9.75. The molecule has 5 nitrogen and oxygen atoms in total. The van der Waals surface area contributed by atoms with Crippen molar-refractivity contribution in [3.05, 3.63) is 24.3 Å². The van der Waals surface area contributed by atoms with Crippen molar-refractivity contribution in [1.82, 2.24) is 0 Å². The van der Waals surface area contributed by atoms with Crippen LogP contribution in [0.3, 0.4) is 0 Å². The van der Waals surface area contributed by atoms with E-state index in [-0.39, 0.29) is 37.6 Å². The zero-order valence-corrected chi connectivity index (χ0v) is 23.3. The van der Waals surface area contributed by atoms with Gasteiger partial charge in [0.25, 0.3) is 0 Å². The summed E-state index contributed by atoms with van der Waals surface area (Å²) in [5.74, 6) is 2.19. The van der Waals surface area contributed by atoms with Gasteiger partial charge in [-0.3, -0.25) is 0 Å². The normalized spacial score (nSPS) is 26.0. The molecule has 2 atom stereocenters. The molecule has 0 aromatic carbocycles. The number of unbranched alkanes of at least 4 members (excludes halogenated alkanes) is 2. The van der Waals surface area contributed by atoms with Gasteiger partial charge in [0.1, 0.15) is 0 Å². The Morgan fingerprint density at radius 3 is 1.86 bits per heavy atom. The van der Waals surface area contributed by atoms with E-state index in [0.717, 1.165) is 30.6 Å². The summed E-state index contributed by atoms with van der Waals surface area (Å²) >= 11 is 0. The first-order chi connectivity index (χ1) is 17.3. The summed E-state index contributed by atoms with van der Waals surface area (Å²) in [5.41, 5.74) is 0.749. The molecule has 206 valence electrons. The number of hydrogen-bond acceptors (Lipinski definition) is 5. The molecular formula is C31H52O5. The van der Waals surface area contributed by atoms with Crippen LogP contribution in [0, 0.1) is 35.5 Å². The Kier molecular flexibility index (Phi) is 13.8. The highest BCUT2D eigenvalue weighted by atomic mass is 16.5. The van der Waals surface area contributed by atoms with Crippen molar-refractivity contribution in [3.8, 4) is 0 Å². The van der Waals surface area contributed by atoms with Crippen LogP contribution in [0.25, 0.3) is 0 Å². The number of carbonyl (C=O) groups excluding carboxylic acids is 2. The molecule has 2 fully saturated rings. The summed E-state index contributed by atoms with van der Waals surface area (Å²) in [4.78, 5) is 24.2. The van der Waals surface area contributed by atoms with Gasteiger partial charge in [-0.25, -0.2) is 9.59 Å². The molecule has 0 bridgehead atoms. The average molecular weight is 505 g/mol. The SMILES string of the molecule is C=C(C)C(=O)OCC(CCO)C(COC(=O)C(=C)C)C1CCC(C2CCC(CCCCC)CC2)CC1. The van der Waals surface area contributed by atoms with Crippen LogP contribution >= 0.6 is 0 Å². The number of ether oxygens (including phenoxy) is 2. The first-order valence-electron chi connectivity index (χ1n) is 14.5. The van der Waals surface area contributed by atoms with Crippen LogP contribution in [-0.2, 0) is 19.1 Å². The molecule has 5 heteroatoms. The monoisotopic (exact) mass is 504 g/mol. The van der Waals surface area contributed by atoms with E-state index in [9.17, 15) is 14.7 Å². The van der Waals surface area contributed by atoms with Gasteiger partial charge in [0.15, 0.2) is 0 Å². The largest absolute Gasteiger partial charge is 0.462 e. The van der Waals surface area contributed by atoms with Crippen LogP contribution in [0.2, 0.25) is 0 Å². The van der Waals surface area contributed by atoms with Gasteiger partial charge in [-0.05, 0) is 82.5 Å². The highest BCUT2D eigenvalue weighted by Gasteiger charge is 2.37. The van der Waals surface area contributed by atoms with Crippen molar-refractivity contribution in [2.75, 3.05) is 19.8 Å². The van der Waals surface area contributed by atoms with Crippen molar-refractivity contribution in [3.63, 3.8) is 0 Å². The van der Waals surface area contributed by atoms with Gasteiger partial charge in [0, 0.05) is 29.6 Å². The number of hydrogen-bond donors (Lipinski definition) is 1. The molecule has 2 rings (SSSR count). The van der Waals surface area contributed by atoms with Gasteiger partial charge in [-0.15, -0.1) is 0 Å². The fourth-order valence-electron chi connectivity index (χ4n) is 6.52. The number of esters is 2. The van der Waals surface area contributed by atoms with E-state index in [2.05, 4.69) is 20.1 Å². The third-order valence-electron chi connectivity index (χ3n) is 8.83. The molecule has 0 amide bonds. The fraction of sp³-hybridized carbons (Fsp3) is 0.806. The lowest BCUT2D eigenvalue weighted by molar-refractivity contribution is -0.146. The molecule has 1 N–H and O–H groups in total. The third kappa shape index (κ3) is 10.0. The first-order valence-corrected chi connectivity index (χ1v) is 14.5. The molecule has 2 aliphatic carbocycles. The van der Waals surface area contributed by atoms with Crippen LogP contribution in [0.15, 0.2) is 24.3 Å². The quantitative estimate of drug-likeness (QED) is 0.147. The topological polar surface area (TPSA) is 72.8 Å². The van der Waals surface area contributed by atoms with Gasteiger partial charge < -0.3 is 14.6 Å². The van der Waals surface area contributed by atoms with Gasteiger partial charge in [0.2, 0.25) is 0 Å². The molecule has 0 aromatic rings. The molecule has 2 unspecified atom stereocenters. The van der Waals surface area contributed by atoms with Crippen molar-refractivity contribution >= 4 is 11.9 Å². The average Bonchev–Trinajstić information content (AvgIpc) is 2.87. The second-order valence-electron chi connectivity index (χ2n) is 11.6. The maximum Gasteiger partial charge on any atom is 0.333 e. The highest BCUT2D eigenvalue weighted by molar-refractivity contribution is 5.87. The Morgan fingerprint density at radius 2 is 1.36 bits per heavy atom. The standard InChI is InChI=1S/C31H52O5/c1-6-7-8-9-24-10-12-25(13-11-24)26-14-16-27(17-15-26)29(21-36-31(34)23(4)5)28(18-19-32)20-35-30(33)22(2)3/h24-29,32H,2,4,6-21H2,1,3,5H3. The molecule has 0 aliphatic heterocycles. The van der Waals surface area contributed by atoms with Crippen molar-refractivity contribution in [2.45, 2.75) is 104 Å². The lowest BCUT2D eigenvalue weighted by atomic mass is 9.65. The lowest BCUT2D eigenvalue weighted by Gasteiger charge is -2.41. The summed E-state index contributed by atoms with van der Waals surface area (Å²) in [7, 11) is 0. The lowest BCUT2D eigenvalue weighted by Crippen LogP contribution is -2.36. The number of rotatable bonds is 15. The van der Waals surface area contributed by atoms with E-state index in [1.807, 2.05) is 0 Å². The van der Waals surface area contributed by atoms with E-state index in [1.165, 1.54) is 64.2 Å². The zero-order valence-electron chi connectivity index (χ0n) is 23.3. The Balaban J connectivity index is 1.96. The van der Waals surface area contributed by atoms with E-state index >= 15 is 0 Å². The van der Waals surface area contributed by atoms with Gasteiger partial charge >= 0.3 is 11.9 Å².